The topological polar surface area (TPSA) is 78.2 Å². The fourth-order valence-corrected chi connectivity index (χ4v) is 6.18. The van der Waals surface area contributed by atoms with Crippen molar-refractivity contribution in [1.29, 1.82) is 0 Å². The van der Waals surface area contributed by atoms with E-state index >= 15 is 0 Å². The molecule has 0 bridgehead atoms. The third-order valence-corrected chi connectivity index (χ3v) is 8.26. The number of pyridine rings is 1. The fraction of sp³-hybridized carbons (Fsp3) is 0.357. The van der Waals surface area contributed by atoms with Crippen molar-refractivity contribution in [2.24, 2.45) is 0 Å². The lowest BCUT2D eigenvalue weighted by atomic mass is 10.0. The zero-order valence-corrected chi connectivity index (χ0v) is 22.2. The van der Waals surface area contributed by atoms with Gasteiger partial charge in [-0.25, -0.2) is 9.97 Å². The van der Waals surface area contributed by atoms with Gasteiger partial charge in [0.05, 0.1) is 53.1 Å². The molecule has 2 aromatic carbocycles. The molecular formula is C28H30Cl2N6O. The average Bonchev–Trinajstić information content (AvgIpc) is 3.67. The molecule has 0 radical (unpaired) electrons. The van der Waals surface area contributed by atoms with Crippen LogP contribution in [0.2, 0.25) is 10.0 Å². The molecule has 2 atom stereocenters. The van der Waals surface area contributed by atoms with Crippen LogP contribution in [0, 0.1) is 0 Å². The quantitative estimate of drug-likeness (QED) is 0.279. The second-order valence-corrected chi connectivity index (χ2v) is 10.7. The van der Waals surface area contributed by atoms with Crippen molar-refractivity contribution < 1.29 is 5.11 Å². The lowest BCUT2D eigenvalue weighted by Crippen LogP contribution is -2.53. The van der Waals surface area contributed by atoms with Gasteiger partial charge in [0.15, 0.2) is 0 Å². The highest BCUT2D eigenvalue weighted by Gasteiger charge is 2.29. The Bertz CT molecular complexity index is 1440. The number of aliphatic hydroxyl groups is 1. The van der Waals surface area contributed by atoms with Gasteiger partial charge in [-0.05, 0) is 49.4 Å². The number of benzene rings is 2. The van der Waals surface area contributed by atoms with E-state index in [2.05, 4.69) is 49.1 Å². The van der Waals surface area contributed by atoms with Crippen LogP contribution in [0.25, 0.3) is 11.0 Å². The lowest BCUT2D eigenvalue weighted by Gasteiger charge is -2.38. The summed E-state index contributed by atoms with van der Waals surface area (Å²) >= 11 is 13.6. The Balaban J connectivity index is 1.34. The molecule has 1 saturated heterocycles. The second kappa shape index (κ2) is 10.1. The van der Waals surface area contributed by atoms with E-state index in [1.807, 2.05) is 36.7 Å². The van der Waals surface area contributed by atoms with Crippen LogP contribution in [-0.2, 0) is 0 Å². The predicted octanol–water partition coefficient (Wildman–Crippen LogP) is 5.74. The molecule has 1 unspecified atom stereocenters. The summed E-state index contributed by atoms with van der Waals surface area (Å²) in [5.41, 5.74) is 5.85. The minimum absolute atomic E-state index is 0.0234. The van der Waals surface area contributed by atoms with Crippen molar-refractivity contribution in [3.8, 4) is 0 Å². The van der Waals surface area contributed by atoms with Crippen molar-refractivity contribution in [2.75, 3.05) is 36.5 Å². The molecule has 0 amide bonds. The maximum atomic E-state index is 9.92. The fourth-order valence-electron chi connectivity index (χ4n) is 5.33. The first-order valence-electron chi connectivity index (χ1n) is 12.8. The summed E-state index contributed by atoms with van der Waals surface area (Å²) in [5.74, 6) is 1.25. The van der Waals surface area contributed by atoms with E-state index in [1.165, 1.54) is 18.4 Å². The smallest absolute Gasteiger partial charge is 0.132 e. The molecule has 1 saturated carbocycles. The minimum Gasteiger partial charge on any atom is -0.394 e. The second-order valence-electron chi connectivity index (χ2n) is 9.90. The molecule has 6 rings (SSSR count). The molecule has 1 aliphatic heterocycles. The summed E-state index contributed by atoms with van der Waals surface area (Å²) < 4.78 is 2.11. The van der Waals surface area contributed by atoms with Crippen molar-refractivity contribution in [3.63, 3.8) is 0 Å². The van der Waals surface area contributed by atoms with Gasteiger partial charge < -0.3 is 25.2 Å². The van der Waals surface area contributed by atoms with Gasteiger partial charge in [-0.1, -0.05) is 41.4 Å². The Morgan fingerprint density at radius 2 is 2.00 bits per heavy atom. The number of rotatable bonds is 7. The number of aromatic nitrogens is 3. The number of imidazole rings is 1. The van der Waals surface area contributed by atoms with Crippen LogP contribution in [-0.4, -0.2) is 51.9 Å². The Hall–Kier alpha value is -2.84. The largest absolute Gasteiger partial charge is 0.394 e. The van der Waals surface area contributed by atoms with E-state index in [9.17, 15) is 5.11 Å². The Morgan fingerprint density at radius 3 is 2.81 bits per heavy atom. The van der Waals surface area contributed by atoms with Crippen LogP contribution in [0.4, 0.5) is 17.2 Å². The monoisotopic (exact) mass is 536 g/mol. The first kappa shape index (κ1) is 24.5. The van der Waals surface area contributed by atoms with Gasteiger partial charge in [-0.3, -0.25) is 0 Å². The molecular weight excluding hydrogens is 507 g/mol. The van der Waals surface area contributed by atoms with Crippen LogP contribution in [0.5, 0.6) is 0 Å². The summed E-state index contributed by atoms with van der Waals surface area (Å²) in [6, 6.07) is 14.1. The number of nitrogens with zero attached hydrogens (tertiary/aromatic N) is 4. The van der Waals surface area contributed by atoms with E-state index in [4.69, 9.17) is 23.2 Å². The molecule has 2 fully saturated rings. The minimum atomic E-state index is -0.0996. The Labute approximate surface area is 226 Å². The number of aliphatic hydroxyl groups excluding tert-OH is 1. The van der Waals surface area contributed by atoms with Gasteiger partial charge in [0.25, 0.3) is 0 Å². The SMILES string of the molecule is C[C@H](c1c(Cl)ccc(C2CC2)c1Cl)n1cnc2cnc(Nc3ccccc3N3CCNCC3CO)cc21. The summed E-state index contributed by atoms with van der Waals surface area (Å²) in [4.78, 5) is 11.5. The van der Waals surface area contributed by atoms with Gasteiger partial charge in [-0.15, -0.1) is 0 Å². The van der Waals surface area contributed by atoms with Gasteiger partial charge >= 0.3 is 0 Å². The molecule has 192 valence electrons. The van der Waals surface area contributed by atoms with E-state index in [-0.39, 0.29) is 18.7 Å². The van der Waals surface area contributed by atoms with Crippen molar-refractivity contribution in [1.82, 2.24) is 19.9 Å². The zero-order chi connectivity index (χ0) is 25.5. The maximum absolute atomic E-state index is 9.92. The van der Waals surface area contributed by atoms with Crippen molar-refractivity contribution in [3.05, 3.63) is 76.2 Å². The van der Waals surface area contributed by atoms with Gasteiger partial charge in [0.2, 0.25) is 0 Å². The third-order valence-electron chi connectivity index (χ3n) is 7.51. The molecule has 1 aliphatic carbocycles. The number of anilines is 3. The number of nitrogens with one attached hydrogen (secondary N) is 2. The molecule has 3 heterocycles. The number of piperazine rings is 1. The zero-order valence-electron chi connectivity index (χ0n) is 20.7. The molecule has 37 heavy (non-hydrogen) atoms. The van der Waals surface area contributed by atoms with E-state index in [1.54, 1.807) is 6.20 Å². The third kappa shape index (κ3) is 4.66. The van der Waals surface area contributed by atoms with Crippen molar-refractivity contribution in [2.45, 2.75) is 37.8 Å². The van der Waals surface area contributed by atoms with Gasteiger partial charge in [0, 0.05) is 36.3 Å². The summed E-state index contributed by atoms with van der Waals surface area (Å²) in [6.45, 7) is 4.64. The Kier molecular flexibility index (Phi) is 6.71. The van der Waals surface area contributed by atoms with Gasteiger partial charge in [0.1, 0.15) is 11.3 Å². The van der Waals surface area contributed by atoms with Crippen molar-refractivity contribution >= 4 is 51.4 Å². The Morgan fingerprint density at radius 1 is 1.16 bits per heavy atom. The van der Waals surface area contributed by atoms with Crippen LogP contribution in [0.1, 0.15) is 42.9 Å². The van der Waals surface area contributed by atoms with Gasteiger partial charge in [-0.2, -0.15) is 0 Å². The molecule has 2 aliphatic rings. The number of hydrogen-bond donors (Lipinski definition) is 3. The molecule has 7 nitrogen and oxygen atoms in total. The van der Waals surface area contributed by atoms with E-state index in [0.29, 0.717) is 16.8 Å². The molecule has 2 aromatic heterocycles. The standard InChI is InChI=1S/C28H30Cl2N6O/c1-17(27-21(29)9-8-20(28(27)30)18-6-7-18)36-16-33-23-14-32-26(12-25(23)36)34-22-4-2-3-5-24(22)35-11-10-31-13-19(35)15-37/h2-5,8-9,12,14,16-19,31,37H,6-7,10-11,13,15H2,1H3,(H,32,34)/t17-,19?/m1/s1. The lowest BCUT2D eigenvalue weighted by molar-refractivity contribution is 0.246. The number of fused-ring (bicyclic) bond motifs is 1. The van der Waals surface area contributed by atoms with Crippen LogP contribution in [0.3, 0.4) is 0 Å². The normalized spacial score (nSPS) is 18.8. The van der Waals surface area contributed by atoms with Crippen LogP contribution < -0.4 is 15.5 Å². The molecule has 3 N–H and O–H groups in total. The predicted molar refractivity (Wildman–Crippen MR) is 151 cm³/mol. The number of para-hydroxylation sites is 2. The van der Waals surface area contributed by atoms with E-state index < -0.39 is 0 Å². The summed E-state index contributed by atoms with van der Waals surface area (Å²) in [7, 11) is 0. The van der Waals surface area contributed by atoms with Crippen LogP contribution in [0.15, 0.2) is 55.0 Å². The number of halogens is 2. The molecule has 9 heteroatoms. The number of hydrogen-bond acceptors (Lipinski definition) is 6. The highest BCUT2D eigenvalue weighted by atomic mass is 35.5. The summed E-state index contributed by atoms with van der Waals surface area (Å²) in [6.07, 6.45) is 5.98. The molecule has 4 aromatic rings. The first-order valence-corrected chi connectivity index (χ1v) is 13.6. The first-order chi connectivity index (χ1) is 18.0. The maximum Gasteiger partial charge on any atom is 0.132 e. The molecule has 0 spiro atoms. The highest BCUT2D eigenvalue weighted by Crippen LogP contribution is 2.47. The van der Waals surface area contributed by atoms with Crippen LogP contribution >= 0.6 is 23.2 Å². The summed E-state index contributed by atoms with van der Waals surface area (Å²) in [5, 5.41) is 18.2. The van der Waals surface area contributed by atoms with E-state index in [0.717, 1.165) is 52.6 Å². The average molecular weight is 537 g/mol. The highest BCUT2D eigenvalue weighted by molar-refractivity contribution is 6.36.